The van der Waals surface area contributed by atoms with Gasteiger partial charge in [0, 0.05) is 11.6 Å². The first-order chi connectivity index (χ1) is 7.86. The van der Waals surface area contributed by atoms with Crippen molar-refractivity contribution in [1.29, 1.82) is 0 Å². The average Bonchev–Trinajstić information content (AvgIpc) is 2.42. The molecule has 5 saturated heterocycles. The first-order valence-corrected chi connectivity index (χ1v) is 7.35. The third kappa shape index (κ3) is 1.32. The predicted molar refractivity (Wildman–Crippen MR) is 65.4 cm³/mol. The van der Waals surface area contributed by atoms with Crippen LogP contribution in [0.15, 0.2) is 0 Å². The molecule has 6 aliphatic rings. The van der Waals surface area contributed by atoms with E-state index in [0.29, 0.717) is 5.54 Å². The fourth-order valence-corrected chi connectivity index (χ4v) is 4.91. The average molecular weight is 220 g/mol. The van der Waals surface area contributed by atoms with E-state index in [1.165, 1.54) is 64.6 Å². The van der Waals surface area contributed by atoms with Crippen LogP contribution in [-0.4, -0.2) is 36.1 Å². The number of fused-ring (bicyclic) bond motifs is 6. The molecule has 90 valence electrons. The minimum Gasteiger partial charge on any atom is -0.309 e. The van der Waals surface area contributed by atoms with Crippen molar-refractivity contribution in [3.05, 3.63) is 0 Å². The first kappa shape index (κ1) is 9.90. The van der Waals surface area contributed by atoms with Gasteiger partial charge in [0.2, 0.25) is 0 Å². The van der Waals surface area contributed by atoms with E-state index in [2.05, 4.69) is 10.2 Å². The third-order valence-corrected chi connectivity index (χ3v) is 6.02. The molecule has 1 unspecified atom stereocenters. The standard InChI is InChI=1S/C14H24N2/c1-5-14(6-2-12(1)10-15-14)13-9-11-3-7-16(13)8-4-11/h11-13,15H,1-10H2. The summed E-state index contributed by atoms with van der Waals surface area (Å²) in [4.78, 5) is 2.82. The maximum atomic E-state index is 3.94. The summed E-state index contributed by atoms with van der Waals surface area (Å²) in [5, 5.41) is 3.94. The van der Waals surface area contributed by atoms with Crippen LogP contribution < -0.4 is 5.32 Å². The second-order valence-electron chi connectivity index (χ2n) is 6.71. The highest BCUT2D eigenvalue weighted by Gasteiger charge is 2.50. The summed E-state index contributed by atoms with van der Waals surface area (Å²) in [6, 6.07) is 0.890. The quantitative estimate of drug-likeness (QED) is 0.727. The van der Waals surface area contributed by atoms with Crippen LogP contribution >= 0.6 is 0 Å². The van der Waals surface area contributed by atoms with Gasteiger partial charge in [0.1, 0.15) is 0 Å². The fraction of sp³-hybridized carbons (Fsp3) is 1.00. The van der Waals surface area contributed by atoms with E-state index < -0.39 is 0 Å². The minimum atomic E-state index is 0.536. The van der Waals surface area contributed by atoms with Crippen molar-refractivity contribution >= 4 is 0 Å². The molecule has 1 aliphatic carbocycles. The van der Waals surface area contributed by atoms with E-state index in [-0.39, 0.29) is 0 Å². The fourth-order valence-electron chi connectivity index (χ4n) is 4.91. The molecule has 5 aliphatic heterocycles. The minimum absolute atomic E-state index is 0.536. The molecule has 0 aromatic rings. The maximum Gasteiger partial charge on any atom is 0.0337 e. The number of nitrogens with zero attached hydrogens (tertiary/aromatic N) is 1. The van der Waals surface area contributed by atoms with Crippen molar-refractivity contribution < 1.29 is 0 Å². The van der Waals surface area contributed by atoms with Crippen LogP contribution in [0.4, 0.5) is 0 Å². The summed E-state index contributed by atoms with van der Waals surface area (Å²) in [6.07, 6.45) is 10.4. The lowest BCUT2D eigenvalue weighted by Crippen LogP contribution is -2.69. The number of piperidine rings is 5. The second kappa shape index (κ2) is 3.46. The molecule has 5 heterocycles. The molecule has 6 fully saturated rings. The van der Waals surface area contributed by atoms with Crippen molar-refractivity contribution in [3.63, 3.8) is 0 Å². The van der Waals surface area contributed by atoms with E-state index in [4.69, 9.17) is 0 Å². The second-order valence-corrected chi connectivity index (χ2v) is 6.71. The number of rotatable bonds is 1. The van der Waals surface area contributed by atoms with Crippen LogP contribution in [0, 0.1) is 11.8 Å². The van der Waals surface area contributed by atoms with Gasteiger partial charge in [-0.2, -0.15) is 0 Å². The molecule has 0 aromatic heterocycles. The molecular weight excluding hydrogens is 196 g/mol. The zero-order valence-corrected chi connectivity index (χ0v) is 10.3. The molecule has 0 aromatic carbocycles. The summed E-state index contributed by atoms with van der Waals surface area (Å²) in [7, 11) is 0. The van der Waals surface area contributed by atoms with Gasteiger partial charge in [0.25, 0.3) is 0 Å². The van der Waals surface area contributed by atoms with Crippen molar-refractivity contribution in [2.75, 3.05) is 19.6 Å². The van der Waals surface area contributed by atoms with Crippen molar-refractivity contribution in [1.82, 2.24) is 10.2 Å². The number of nitrogens with one attached hydrogen (secondary N) is 1. The topological polar surface area (TPSA) is 15.3 Å². The number of hydrogen-bond donors (Lipinski definition) is 1. The van der Waals surface area contributed by atoms with Crippen LogP contribution in [0.25, 0.3) is 0 Å². The highest BCUT2D eigenvalue weighted by Crippen LogP contribution is 2.46. The molecule has 6 rings (SSSR count). The molecule has 0 spiro atoms. The zero-order chi connectivity index (χ0) is 10.6. The van der Waals surface area contributed by atoms with Crippen molar-refractivity contribution in [3.8, 4) is 0 Å². The highest BCUT2D eigenvalue weighted by molar-refractivity contribution is 5.09. The smallest absolute Gasteiger partial charge is 0.0337 e. The lowest BCUT2D eigenvalue weighted by Gasteiger charge is -2.59. The van der Waals surface area contributed by atoms with Gasteiger partial charge in [-0.15, -0.1) is 0 Å². The Bertz CT molecular complexity index is 259. The van der Waals surface area contributed by atoms with Crippen molar-refractivity contribution in [2.45, 2.75) is 56.5 Å². The Balaban J connectivity index is 1.60. The molecule has 0 amide bonds. The van der Waals surface area contributed by atoms with E-state index in [1.807, 2.05) is 0 Å². The molecule has 1 atom stereocenters. The van der Waals surface area contributed by atoms with Gasteiger partial charge in [-0.05, 0) is 76.4 Å². The summed E-state index contributed by atoms with van der Waals surface area (Å²) >= 11 is 0. The van der Waals surface area contributed by atoms with Crippen LogP contribution in [0.3, 0.4) is 0 Å². The third-order valence-electron chi connectivity index (χ3n) is 6.02. The summed E-state index contributed by atoms with van der Waals surface area (Å²) in [5.74, 6) is 2.07. The van der Waals surface area contributed by atoms with Gasteiger partial charge in [-0.25, -0.2) is 0 Å². The van der Waals surface area contributed by atoms with Gasteiger partial charge in [-0.3, -0.25) is 4.90 Å². The maximum absolute atomic E-state index is 3.94. The van der Waals surface area contributed by atoms with E-state index in [9.17, 15) is 0 Å². The lowest BCUT2D eigenvalue weighted by atomic mass is 9.64. The lowest BCUT2D eigenvalue weighted by molar-refractivity contribution is -0.0425. The Labute approximate surface area is 98.8 Å². The van der Waals surface area contributed by atoms with E-state index in [1.54, 1.807) is 0 Å². The van der Waals surface area contributed by atoms with Crippen molar-refractivity contribution in [2.24, 2.45) is 11.8 Å². The van der Waals surface area contributed by atoms with Gasteiger partial charge >= 0.3 is 0 Å². The predicted octanol–water partition coefficient (Wildman–Crippen LogP) is 2.00. The molecule has 2 nitrogen and oxygen atoms in total. The summed E-state index contributed by atoms with van der Waals surface area (Å²) in [5.41, 5.74) is 0.536. The van der Waals surface area contributed by atoms with Crippen LogP contribution in [0.5, 0.6) is 0 Å². The van der Waals surface area contributed by atoms with Gasteiger partial charge in [0.15, 0.2) is 0 Å². The van der Waals surface area contributed by atoms with Gasteiger partial charge in [-0.1, -0.05) is 0 Å². The molecule has 0 radical (unpaired) electrons. The molecule has 1 saturated carbocycles. The monoisotopic (exact) mass is 220 g/mol. The Hall–Kier alpha value is -0.0800. The van der Waals surface area contributed by atoms with Crippen LogP contribution in [-0.2, 0) is 0 Å². The Morgan fingerprint density at radius 3 is 2.19 bits per heavy atom. The van der Waals surface area contributed by atoms with E-state index >= 15 is 0 Å². The largest absolute Gasteiger partial charge is 0.309 e. The van der Waals surface area contributed by atoms with Crippen LogP contribution in [0.1, 0.15) is 44.9 Å². The van der Waals surface area contributed by atoms with Gasteiger partial charge < -0.3 is 5.32 Å². The molecule has 2 heteroatoms. The Morgan fingerprint density at radius 2 is 1.69 bits per heavy atom. The molecule has 4 bridgehead atoms. The molecule has 16 heavy (non-hydrogen) atoms. The normalized spacial score (nSPS) is 55.5. The molecule has 1 N–H and O–H groups in total. The first-order valence-electron chi connectivity index (χ1n) is 7.35. The molecular formula is C14H24N2. The SMILES string of the molecule is C1CC2(C3CC4CCN3CC4)CCC1CN2. The summed E-state index contributed by atoms with van der Waals surface area (Å²) in [6.45, 7) is 4.10. The zero-order valence-electron chi connectivity index (χ0n) is 10.3. The highest BCUT2D eigenvalue weighted by atomic mass is 15.2. The Kier molecular flexibility index (Phi) is 2.14. The Morgan fingerprint density at radius 1 is 0.938 bits per heavy atom. The van der Waals surface area contributed by atoms with Gasteiger partial charge in [0.05, 0.1) is 0 Å². The van der Waals surface area contributed by atoms with E-state index in [0.717, 1.165) is 17.9 Å². The number of hydrogen-bond acceptors (Lipinski definition) is 2. The summed E-state index contributed by atoms with van der Waals surface area (Å²) < 4.78 is 0. The van der Waals surface area contributed by atoms with Crippen LogP contribution in [0.2, 0.25) is 0 Å².